The first-order valence-corrected chi connectivity index (χ1v) is 6.36. The van der Waals surface area contributed by atoms with Crippen molar-refractivity contribution in [2.75, 3.05) is 13.6 Å². The van der Waals surface area contributed by atoms with Crippen molar-refractivity contribution in [1.82, 2.24) is 10.6 Å². The van der Waals surface area contributed by atoms with Crippen LogP contribution < -0.4 is 10.6 Å². The maximum absolute atomic E-state index is 12.5. The molecule has 1 saturated carbocycles. The van der Waals surface area contributed by atoms with E-state index >= 15 is 0 Å². The van der Waals surface area contributed by atoms with Gasteiger partial charge in [0.1, 0.15) is 0 Å². The van der Waals surface area contributed by atoms with Crippen LogP contribution in [0.2, 0.25) is 0 Å². The molecular weight excluding hydrogens is 245 g/mol. The third-order valence-corrected chi connectivity index (χ3v) is 3.49. The van der Waals surface area contributed by atoms with Gasteiger partial charge in [0.2, 0.25) is 5.91 Å². The third kappa shape index (κ3) is 4.48. The lowest BCUT2D eigenvalue weighted by molar-refractivity contribution is -0.182. The molecule has 1 unspecified atom stereocenters. The summed E-state index contributed by atoms with van der Waals surface area (Å²) in [6, 6.07) is -0.101. The number of hydrogen-bond donors (Lipinski definition) is 2. The maximum atomic E-state index is 12.5. The number of carbonyl (C=O) groups excluding carboxylic acids is 1. The summed E-state index contributed by atoms with van der Waals surface area (Å²) in [7, 11) is 1.76. The number of amides is 1. The van der Waals surface area contributed by atoms with Crippen LogP contribution >= 0.6 is 0 Å². The topological polar surface area (TPSA) is 41.1 Å². The highest BCUT2D eigenvalue weighted by Gasteiger charge is 2.41. The molecule has 18 heavy (non-hydrogen) atoms. The summed E-state index contributed by atoms with van der Waals surface area (Å²) in [5.41, 5.74) is 0. The Morgan fingerprint density at radius 1 is 1.28 bits per heavy atom. The largest absolute Gasteiger partial charge is 0.391 e. The molecule has 0 saturated heterocycles. The molecule has 0 aromatic heterocycles. The van der Waals surface area contributed by atoms with Gasteiger partial charge in [0.25, 0.3) is 0 Å². The molecule has 0 bridgehead atoms. The van der Waals surface area contributed by atoms with E-state index in [0.717, 1.165) is 0 Å². The molecule has 6 heteroatoms. The van der Waals surface area contributed by atoms with E-state index in [9.17, 15) is 18.0 Å². The normalized spacial score (nSPS) is 26.7. The minimum atomic E-state index is -4.09. The van der Waals surface area contributed by atoms with E-state index < -0.39 is 12.1 Å². The minimum Gasteiger partial charge on any atom is -0.353 e. The van der Waals surface area contributed by atoms with E-state index in [2.05, 4.69) is 10.6 Å². The van der Waals surface area contributed by atoms with Crippen LogP contribution in [0.3, 0.4) is 0 Å². The second-order valence-corrected chi connectivity index (χ2v) is 5.06. The van der Waals surface area contributed by atoms with Gasteiger partial charge in [-0.05, 0) is 32.7 Å². The predicted molar refractivity (Wildman–Crippen MR) is 63.0 cm³/mol. The summed E-state index contributed by atoms with van der Waals surface area (Å²) in [6.07, 6.45) is -3.01. The van der Waals surface area contributed by atoms with Gasteiger partial charge in [-0.1, -0.05) is 6.92 Å². The van der Waals surface area contributed by atoms with Gasteiger partial charge in [-0.3, -0.25) is 4.79 Å². The molecule has 0 aromatic carbocycles. The fourth-order valence-corrected chi connectivity index (χ4v) is 2.31. The molecule has 0 spiro atoms. The quantitative estimate of drug-likeness (QED) is 0.818. The standard InChI is InChI=1S/C12H21F3N2O/c1-8(7-16-2)11(18)17-10-5-3-9(4-6-10)12(13,14)15/h8-10,16H,3-7H2,1-2H3,(H,17,18). The Morgan fingerprint density at radius 3 is 2.28 bits per heavy atom. The summed E-state index contributed by atoms with van der Waals surface area (Å²) in [5, 5.41) is 5.73. The zero-order valence-corrected chi connectivity index (χ0v) is 10.8. The lowest BCUT2D eigenvalue weighted by Gasteiger charge is -2.30. The van der Waals surface area contributed by atoms with Gasteiger partial charge >= 0.3 is 6.18 Å². The van der Waals surface area contributed by atoms with Gasteiger partial charge < -0.3 is 10.6 Å². The summed E-state index contributed by atoms with van der Waals surface area (Å²) < 4.78 is 37.4. The average molecular weight is 266 g/mol. The SMILES string of the molecule is CNCC(C)C(=O)NC1CCC(C(F)(F)F)CC1. The zero-order valence-electron chi connectivity index (χ0n) is 10.8. The maximum Gasteiger partial charge on any atom is 0.391 e. The van der Waals surface area contributed by atoms with Crippen molar-refractivity contribution < 1.29 is 18.0 Å². The van der Waals surface area contributed by atoms with Crippen molar-refractivity contribution in [2.24, 2.45) is 11.8 Å². The van der Waals surface area contributed by atoms with Gasteiger partial charge in [-0.2, -0.15) is 13.2 Å². The number of alkyl halides is 3. The molecule has 106 valence electrons. The van der Waals surface area contributed by atoms with Crippen molar-refractivity contribution in [3.8, 4) is 0 Å². The third-order valence-electron chi connectivity index (χ3n) is 3.49. The molecule has 1 aliphatic rings. The van der Waals surface area contributed by atoms with Crippen LogP contribution in [0.25, 0.3) is 0 Å². The Bertz CT molecular complexity index is 273. The zero-order chi connectivity index (χ0) is 13.8. The average Bonchev–Trinajstić information content (AvgIpc) is 2.28. The molecule has 1 amide bonds. The molecule has 0 radical (unpaired) electrons. The van der Waals surface area contributed by atoms with Crippen molar-refractivity contribution in [3.05, 3.63) is 0 Å². The summed E-state index contributed by atoms with van der Waals surface area (Å²) in [6.45, 7) is 2.37. The molecule has 0 aromatic rings. The van der Waals surface area contributed by atoms with Gasteiger partial charge in [0.05, 0.1) is 5.92 Å². The van der Waals surface area contributed by atoms with Gasteiger partial charge in [-0.15, -0.1) is 0 Å². The fraction of sp³-hybridized carbons (Fsp3) is 0.917. The number of nitrogens with one attached hydrogen (secondary N) is 2. The number of carbonyl (C=O) groups is 1. The van der Waals surface area contributed by atoms with E-state index in [1.54, 1.807) is 14.0 Å². The predicted octanol–water partition coefficient (Wildman–Crippen LogP) is 2.08. The van der Waals surface area contributed by atoms with Crippen LogP contribution in [0.4, 0.5) is 13.2 Å². The lowest BCUT2D eigenvalue weighted by Crippen LogP contribution is -2.43. The van der Waals surface area contributed by atoms with Gasteiger partial charge in [0, 0.05) is 18.5 Å². The monoisotopic (exact) mass is 266 g/mol. The van der Waals surface area contributed by atoms with Crippen LogP contribution in [0, 0.1) is 11.8 Å². The minimum absolute atomic E-state index is 0.0835. The van der Waals surface area contributed by atoms with Crippen molar-refractivity contribution in [1.29, 1.82) is 0 Å². The molecule has 1 aliphatic carbocycles. The molecule has 1 atom stereocenters. The van der Waals surface area contributed by atoms with Crippen LogP contribution in [0.15, 0.2) is 0 Å². The molecular formula is C12H21F3N2O. The molecule has 1 fully saturated rings. The summed E-state index contributed by atoms with van der Waals surface area (Å²) >= 11 is 0. The number of halogens is 3. The highest BCUT2D eigenvalue weighted by atomic mass is 19.4. The van der Waals surface area contributed by atoms with Crippen molar-refractivity contribution in [2.45, 2.75) is 44.8 Å². The van der Waals surface area contributed by atoms with E-state index in [1.807, 2.05) is 0 Å². The van der Waals surface area contributed by atoms with Gasteiger partial charge in [-0.25, -0.2) is 0 Å². The number of hydrogen-bond acceptors (Lipinski definition) is 2. The highest BCUT2D eigenvalue weighted by molar-refractivity contribution is 5.78. The summed E-state index contributed by atoms with van der Waals surface area (Å²) in [5.74, 6) is -1.43. The van der Waals surface area contributed by atoms with E-state index in [4.69, 9.17) is 0 Å². The fourth-order valence-electron chi connectivity index (χ4n) is 2.31. The van der Waals surface area contributed by atoms with Crippen LogP contribution in [-0.4, -0.2) is 31.7 Å². The van der Waals surface area contributed by atoms with E-state index in [1.165, 1.54) is 0 Å². The molecule has 0 aliphatic heterocycles. The molecule has 1 rings (SSSR count). The van der Waals surface area contributed by atoms with Crippen molar-refractivity contribution >= 4 is 5.91 Å². The Balaban J connectivity index is 2.33. The second-order valence-electron chi connectivity index (χ2n) is 5.06. The first-order valence-electron chi connectivity index (χ1n) is 6.36. The highest BCUT2D eigenvalue weighted by Crippen LogP contribution is 2.37. The Morgan fingerprint density at radius 2 is 1.83 bits per heavy atom. The van der Waals surface area contributed by atoms with Crippen LogP contribution in [-0.2, 0) is 4.79 Å². The molecule has 2 N–H and O–H groups in total. The lowest BCUT2D eigenvalue weighted by atomic mass is 9.85. The Hall–Kier alpha value is -0.780. The first kappa shape index (κ1) is 15.3. The van der Waals surface area contributed by atoms with Gasteiger partial charge in [0.15, 0.2) is 0 Å². The summed E-state index contributed by atoms with van der Waals surface area (Å²) in [4.78, 5) is 11.7. The second kappa shape index (κ2) is 6.41. The van der Waals surface area contributed by atoms with Crippen LogP contribution in [0.5, 0.6) is 0 Å². The molecule has 0 heterocycles. The molecule has 3 nitrogen and oxygen atoms in total. The first-order chi connectivity index (χ1) is 8.34. The van der Waals surface area contributed by atoms with Crippen molar-refractivity contribution in [3.63, 3.8) is 0 Å². The van der Waals surface area contributed by atoms with E-state index in [0.29, 0.717) is 19.4 Å². The Kier molecular flexibility index (Phi) is 5.44. The number of rotatable bonds is 4. The van der Waals surface area contributed by atoms with Crippen LogP contribution in [0.1, 0.15) is 32.6 Å². The van der Waals surface area contributed by atoms with E-state index in [-0.39, 0.29) is 30.7 Å². The smallest absolute Gasteiger partial charge is 0.353 e. The Labute approximate surface area is 106 Å².